The highest BCUT2D eigenvalue weighted by Crippen LogP contribution is 2.49. The number of aromatic nitrogens is 5. The highest BCUT2D eigenvalue weighted by Gasteiger charge is 2.40. The van der Waals surface area contributed by atoms with E-state index in [0.717, 1.165) is 24.0 Å². The predicted molar refractivity (Wildman–Crippen MR) is 230 cm³/mol. The number of H-pyrrole nitrogens is 2. The summed E-state index contributed by atoms with van der Waals surface area (Å²) in [5.41, 5.74) is -24.5. The number of ether oxygens (including phenoxy) is 2. The fourth-order valence-electron chi connectivity index (χ4n) is 8.20. The summed E-state index contributed by atoms with van der Waals surface area (Å²) in [6.07, 6.45) is 1.59. The number of carbonyl (C=O) groups is 2. The maximum Gasteiger partial charge on any atom is 0.364 e. The van der Waals surface area contributed by atoms with E-state index in [1.165, 1.54) is 0 Å². The lowest BCUT2D eigenvalue weighted by Crippen LogP contribution is -2.09. The van der Waals surface area contributed by atoms with Gasteiger partial charge in [0.25, 0.3) is 0 Å². The molecule has 0 unspecified atom stereocenters. The van der Waals surface area contributed by atoms with Gasteiger partial charge in [-0.15, -0.1) is 0 Å². The summed E-state index contributed by atoms with van der Waals surface area (Å²) in [6, 6.07) is 0.690. The Kier molecular flexibility index (Phi) is 13.6. The van der Waals surface area contributed by atoms with E-state index in [9.17, 15) is 27.2 Å². The van der Waals surface area contributed by atoms with Crippen molar-refractivity contribution in [2.45, 2.75) is 4.30 Å². The monoisotopic (exact) mass is 1180 g/mol. The van der Waals surface area contributed by atoms with E-state index in [0.29, 0.717) is 12.1 Å². The third kappa shape index (κ3) is 8.18. The van der Waals surface area contributed by atoms with Gasteiger partial charge in [-0.1, -0.05) is 34.8 Å². The maximum atomic E-state index is 16.2. The lowest BCUT2D eigenvalue weighted by Gasteiger charge is -2.11. The van der Waals surface area contributed by atoms with Crippen molar-refractivity contribution in [1.29, 1.82) is 0 Å². The Balaban J connectivity index is 0.00000179. The lowest BCUT2D eigenvalue weighted by atomic mass is 10.0. The number of alkyl halides is 3. The maximum absolute atomic E-state index is 16.2. The van der Waals surface area contributed by atoms with E-state index >= 15 is 70.2 Å². The minimum Gasteiger partial charge on any atom is -0.402 e. The van der Waals surface area contributed by atoms with Crippen molar-refractivity contribution in [3.05, 3.63) is 152 Å². The molecule has 2 N–H and O–H groups in total. The fourth-order valence-corrected chi connectivity index (χ4v) is 8.20. The van der Waals surface area contributed by atoms with Gasteiger partial charge < -0.3 is 24.0 Å². The number of aromatic amines is 2. The van der Waals surface area contributed by atoms with E-state index in [-0.39, 0.29) is 0 Å². The summed E-state index contributed by atoms with van der Waals surface area (Å²) in [6.45, 7) is 0. The van der Waals surface area contributed by atoms with Crippen molar-refractivity contribution in [1.82, 2.24) is 24.5 Å². The summed E-state index contributed by atoms with van der Waals surface area (Å²) in [5, 5.41) is -1.56. The zero-order valence-electron chi connectivity index (χ0n) is 36.6. The molecule has 8 bridgehead atoms. The molecule has 0 fully saturated rings. The molecule has 404 valence electrons. The number of nitrogens with zero attached hydrogens (tertiary/aromatic N) is 3. The van der Waals surface area contributed by atoms with Gasteiger partial charge in [0, 0.05) is 52.4 Å². The first kappa shape index (κ1) is 54.7. The molecule has 2 aliphatic heterocycles. The van der Waals surface area contributed by atoms with Crippen LogP contribution in [0.25, 0.3) is 77.3 Å². The summed E-state index contributed by atoms with van der Waals surface area (Å²) >= 11 is 14.4. The number of halogens is 23. The van der Waals surface area contributed by atoms with Gasteiger partial charge >= 0.3 is 11.9 Å². The molecule has 0 saturated heterocycles. The molecule has 8 aromatic rings. The number of hydrogen-bond donors (Lipinski definition) is 2. The van der Waals surface area contributed by atoms with Crippen LogP contribution in [0.15, 0.2) is 24.5 Å². The Morgan fingerprint density at radius 1 is 0.385 bits per heavy atom. The first-order chi connectivity index (χ1) is 36.5. The summed E-state index contributed by atoms with van der Waals surface area (Å²) in [5.74, 6) is -64.5. The second-order valence-electron chi connectivity index (χ2n) is 15.7. The average Bonchev–Trinajstić information content (AvgIpc) is 4.41. The minimum atomic E-state index is -2.87. The Bertz CT molecular complexity index is 3870. The van der Waals surface area contributed by atoms with Crippen LogP contribution in [0.3, 0.4) is 0 Å². The number of rotatable bonds is 4. The first-order valence-electron chi connectivity index (χ1n) is 20.3. The minimum absolute atomic E-state index is 0.345. The van der Waals surface area contributed by atoms with Crippen LogP contribution in [0.1, 0.15) is 21.0 Å². The topological polar surface area (TPSA) is 115 Å². The van der Waals surface area contributed by atoms with Crippen LogP contribution in [0.2, 0.25) is 0 Å². The van der Waals surface area contributed by atoms with Crippen molar-refractivity contribution < 1.29 is 107 Å². The van der Waals surface area contributed by atoms with Crippen molar-refractivity contribution in [3.8, 4) is 56.3 Å². The number of carbonyl (C=O) groups excluding carboxylic acids is 2. The summed E-state index contributed by atoms with van der Waals surface area (Å²) in [7, 11) is 1.06. The zero-order chi connectivity index (χ0) is 57.3. The van der Waals surface area contributed by atoms with Gasteiger partial charge in [-0.2, -0.15) is 0 Å². The van der Waals surface area contributed by atoms with Gasteiger partial charge in [-0.3, -0.25) is 0 Å². The highest BCUT2D eigenvalue weighted by molar-refractivity contribution is 6.63. The molecule has 0 radical (unpaired) electrons. The third-order valence-electron chi connectivity index (χ3n) is 11.4. The smallest absolute Gasteiger partial charge is 0.364 e. The normalized spacial score (nSPS) is 12.5. The average molecular weight is 1180 g/mol. The Hall–Kier alpha value is -8.05. The summed E-state index contributed by atoms with van der Waals surface area (Å²) < 4.78 is 318. The van der Waals surface area contributed by atoms with Crippen LogP contribution in [0.4, 0.5) is 87.8 Å². The number of nitrogens with one attached hydrogen (secondary N) is 2. The number of fused-ring (bicyclic) bond motifs is 11. The second kappa shape index (κ2) is 19.4. The molecule has 0 saturated carbocycles. The third-order valence-corrected chi connectivity index (χ3v) is 11.4. The van der Waals surface area contributed by atoms with Crippen LogP contribution in [-0.4, -0.2) is 40.7 Å². The Morgan fingerprint density at radius 2 is 0.615 bits per heavy atom. The van der Waals surface area contributed by atoms with Crippen LogP contribution in [0, 0.1) is 116 Å². The second-order valence-corrected chi connectivity index (χ2v) is 17.7. The summed E-state index contributed by atoms with van der Waals surface area (Å²) in [4.78, 5) is 39.3. The van der Waals surface area contributed by atoms with Crippen LogP contribution in [0.5, 0.6) is 11.8 Å². The molecule has 0 spiro atoms. The van der Waals surface area contributed by atoms with Crippen molar-refractivity contribution >= 4 is 79.6 Å². The molecule has 0 amide bonds. The fraction of sp³-hybridized carbons (Fsp3) is 0.0435. The van der Waals surface area contributed by atoms with Crippen LogP contribution >= 0.6 is 34.8 Å². The number of esters is 2. The molecule has 0 aliphatic carbocycles. The molecule has 78 heavy (non-hydrogen) atoms. The van der Waals surface area contributed by atoms with Gasteiger partial charge in [-0.05, 0) is 12.1 Å². The molecule has 4 aromatic carbocycles. The molecule has 6 heterocycles. The van der Waals surface area contributed by atoms with E-state index < -0.39 is 233 Å². The largest absolute Gasteiger partial charge is 0.402 e. The molecule has 9 nitrogen and oxygen atoms in total. The first-order valence-corrected chi connectivity index (χ1v) is 21.6. The van der Waals surface area contributed by atoms with Gasteiger partial charge in [-0.25, -0.2) is 107 Å². The molecule has 4 aromatic heterocycles. The van der Waals surface area contributed by atoms with Crippen molar-refractivity contribution in [2.24, 2.45) is 7.05 Å². The Labute approximate surface area is 429 Å². The van der Waals surface area contributed by atoms with E-state index in [2.05, 4.69) is 15.0 Å². The molecular weight excluding hydrogens is 1170 g/mol. The SMILES string of the molecule is ClC(Cl)Cl.Cn1cc2c3[nH]c(c(-c4c(F)c(F)c(F)c(F)c4F)c4nc(c(-c5c(F)c(F)c(F)c(F)c5F)c5ccc([nH]5)c(-c5c(F)c(F)c(F)c(F)c5F)c5nc(c3-c3c(F)c(F)c(F)c(F)c3F)OC5=O)C(=O)O4)c2c1. The van der Waals surface area contributed by atoms with E-state index in [1.54, 1.807) is 0 Å². The number of aryl methyl sites for hydroxylation is 1. The quantitative estimate of drug-likeness (QED) is 0.0596. The van der Waals surface area contributed by atoms with Crippen molar-refractivity contribution in [2.75, 3.05) is 0 Å². The molecule has 10 rings (SSSR count). The predicted octanol–water partition coefficient (Wildman–Crippen LogP) is 14.7. The highest BCUT2D eigenvalue weighted by atomic mass is 35.6. The van der Waals surface area contributed by atoms with Gasteiger partial charge in [0.15, 0.2) is 109 Å². The molecule has 0 atom stereocenters. The zero-order valence-corrected chi connectivity index (χ0v) is 38.8. The van der Waals surface area contributed by atoms with Gasteiger partial charge in [0.05, 0.1) is 44.4 Å². The number of benzene rings is 4. The van der Waals surface area contributed by atoms with Crippen LogP contribution in [-0.2, 0) is 7.05 Å². The van der Waals surface area contributed by atoms with E-state index in [4.69, 9.17) is 44.3 Å². The lowest BCUT2D eigenvalue weighted by molar-refractivity contribution is 0.0746. The van der Waals surface area contributed by atoms with Crippen LogP contribution < -0.4 is 9.47 Å². The Morgan fingerprint density at radius 3 is 0.872 bits per heavy atom. The molecule has 32 heteroatoms. The van der Waals surface area contributed by atoms with Crippen molar-refractivity contribution in [3.63, 3.8) is 0 Å². The molecular formula is C46H10Cl3F20N5O4. The standard InChI is InChI=1S/C45H9F20N5O4.CHCl3/c1-70-4-6-7(5-70)39-17(15-24(52)32(60)37(65)33(61)25(15)53)43-69-41(45(72)74-43)11(13-20(48)28(56)35(63)29(57)21(13)49)9-3-2-8(66-9)10(12-18(46)26(54)34(62)27(55)19(12)47)40-44(71)73-42(68-40)16(38(6)67-39)14-22(50)30(58)36(64)31(59)23(14)51;2-1(3)4/h2-5,66-67H,1H3;1H. The molecule has 2 aliphatic rings. The van der Waals surface area contributed by atoms with E-state index in [1.807, 2.05) is 4.98 Å². The van der Waals surface area contributed by atoms with Gasteiger partial charge in [0.1, 0.15) is 0 Å². The number of hydrogen-bond acceptors (Lipinski definition) is 6. The van der Waals surface area contributed by atoms with Gasteiger partial charge in [0.2, 0.25) is 35.0 Å².